The number of nitrogens with one attached hydrogen (secondary N) is 6. The van der Waals surface area contributed by atoms with Gasteiger partial charge in [0.05, 0.1) is 73.6 Å². The number of anilines is 1. The first-order valence-corrected chi connectivity index (χ1v) is 37.8. The summed E-state index contributed by atoms with van der Waals surface area (Å²) in [6.07, 6.45) is 0.926. The minimum Gasteiger partial charge on any atom is -0.497 e. The smallest absolute Gasteiger partial charge is 0.410 e. The number of benzene rings is 2. The third-order valence-electron chi connectivity index (χ3n) is 20.3. The Bertz CT molecular complexity index is 3420. The van der Waals surface area contributed by atoms with Gasteiger partial charge in [-0.3, -0.25) is 62.5 Å². The number of unbranched alkanes of at least 4 members (excludes halogenated alkanes) is 2. The Hall–Kier alpha value is -8.49. The van der Waals surface area contributed by atoms with Crippen LogP contribution in [0.4, 0.5) is 19.7 Å². The Kier molecular flexibility index (Phi) is 35.2. The molecule has 2 aromatic carbocycles. The molecule has 0 spiro atoms. The molecule has 1 aliphatic carbocycles. The number of halogens is 1. The number of carbonyl (C=O) groups is 13. The number of aliphatic carboxylic acids is 1. The normalized spacial score (nSPS) is 18.6. The number of ether oxygens (including phenoxy) is 5. The molecule has 0 aromatic heterocycles. The molecule has 30 nitrogen and oxygen atoms in total. The van der Waals surface area contributed by atoms with Gasteiger partial charge in [-0.25, -0.2) is 14.0 Å². The third-order valence-corrected chi connectivity index (χ3v) is 21.9. The van der Waals surface area contributed by atoms with Gasteiger partial charge in [0.15, 0.2) is 5.78 Å². The molecule has 3 fully saturated rings. The van der Waals surface area contributed by atoms with Crippen molar-refractivity contribution in [2.45, 2.75) is 212 Å². The number of nitrogens with zero attached hydrogens (tertiary/aromatic N) is 4. The highest BCUT2D eigenvalue weighted by Crippen LogP contribution is 2.52. The lowest BCUT2D eigenvalue weighted by molar-refractivity contribution is -0.148. The lowest BCUT2D eigenvalue weighted by atomic mass is 9.89. The molecule has 107 heavy (non-hydrogen) atoms. The standard InChI is InChI=1S/C75H114FN11O19S/c1-16-45(8)65(56(104-14)35-59(90)87-39-50(103-13)34-54(87)66(105-15)46(9)67(94)79-38-55(88)51-28-27-49(102-12)33-52(51)76)84(10)72(99)63(43(4)5)83-70(97)64(44(6)7)85(11)74(101)106-40-47-23-25-48(26-24-47)80-68(95)53(21-20-31-78-73(77)100)81-69(96)62(42(2)3)82-58(89)22-18-17-19-32-86-60(91)36-57(71(86)98)107-41-75(29-30-75)37-61(92)93/h23-28,33,42-46,50,53-54,56-57,62-66H,16-22,29-32,34-41H2,1-15H3,(H,79,94)(H,80,95)(H,81,96)(H,82,89)(H,83,97)(H,92,93)(H3,77,78,100)/t45-,46+,50+,53-,54-,56+,57?,62-,63-,64-,65?,66+/m0/s1. The van der Waals surface area contributed by atoms with E-state index in [9.17, 15) is 71.8 Å². The molecule has 2 aliphatic heterocycles. The number of imide groups is 1. The predicted molar refractivity (Wildman–Crippen MR) is 396 cm³/mol. The highest BCUT2D eigenvalue weighted by atomic mass is 32.2. The van der Waals surface area contributed by atoms with Gasteiger partial charge in [0.1, 0.15) is 42.3 Å². The van der Waals surface area contributed by atoms with Crippen LogP contribution in [0.25, 0.3) is 0 Å². The second kappa shape index (κ2) is 42.3. The summed E-state index contributed by atoms with van der Waals surface area (Å²) < 4.78 is 43.2. The molecule has 32 heteroatoms. The van der Waals surface area contributed by atoms with Crippen LogP contribution in [0.15, 0.2) is 42.5 Å². The maximum atomic E-state index is 14.9. The number of nitrogens with two attached hydrogens (primary N) is 1. The highest BCUT2D eigenvalue weighted by Gasteiger charge is 2.49. The highest BCUT2D eigenvalue weighted by molar-refractivity contribution is 8.00. The van der Waals surface area contributed by atoms with Crippen molar-refractivity contribution in [2.75, 3.05) is 79.8 Å². The van der Waals surface area contributed by atoms with E-state index in [1.807, 2.05) is 13.8 Å². The first-order chi connectivity index (χ1) is 50.5. The van der Waals surface area contributed by atoms with Crippen LogP contribution in [0.5, 0.6) is 5.75 Å². The van der Waals surface area contributed by atoms with Crippen molar-refractivity contribution >= 4 is 94.5 Å². The molecular weight excluding hydrogens is 1410 g/mol. The summed E-state index contributed by atoms with van der Waals surface area (Å²) in [6.45, 7) is 15.6. The van der Waals surface area contributed by atoms with Gasteiger partial charge in [-0.1, -0.05) is 87.3 Å². The molecule has 12 amide bonds. The van der Waals surface area contributed by atoms with Gasteiger partial charge in [-0.2, -0.15) is 0 Å². The fraction of sp³-hybridized carbons (Fsp3) is 0.667. The Morgan fingerprint density at radius 3 is 2.02 bits per heavy atom. The van der Waals surface area contributed by atoms with Crippen LogP contribution in [0, 0.1) is 40.8 Å². The number of thioether (sulfide) groups is 1. The van der Waals surface area contributed by atoms with Crippen molar-refractivity contribution in [1.82, 2.24) is 46.2 Å². The fourth-order valence-electron chi connectivity index (χ4n) is 13.6. The average Bonchev–Trinajstić information content (AvgIpc) is 1.69. The van der Waals surface area contributed by atoms with Gasteiger partial charge in [-0.15, -0.1) is 11.8 Å². The van der Waals surface area contributed by atoms with E-state index in [0.717, 1.165) is 23.8 Å². The molecule has 0 bridgehead atoms. The zero-order chi connectivity index (χ0) is 79.7. The molecule has 5 rings (SSSR count). The molecular formula is C75H114FN11O19S. The van der Waals surface area contributed by atoms with E-state index in [2.05, 4.69) is 31.9 Å². The molecule has 3 aliphatic rings. The van der Waals surface area contributed by atoms with Crippen molar-refractivity contribution in [2.24, 2.45) is 40.7 Å². The Balaban J connectivity index is 1.16. The van der Waals surface area contributed by atoms with E-state index in [1.54, 1.807) is 84.7 Å². The second-order valence-corrected chi connectivity index (χ2v) is 30.5. The molecule has 2 saturated heterocycles. The van der Waals surface area contributed by atoms with Crippen molar-refractivity contribution in [3.05, 3.63) is 59.4 Å². The minimum atomic E-state index is -1.15. The summed E-state index contributed by atoms with van der Waals surface area (Å²) in [5.74, 6) is -8.45. The van der Waals surface area contributed by atoms with Gasteiger partial charge in [-0.05, 0) is 104 Å². The van der Waals surface area contributed by atoms with Crippen molar-refractivity contribution in [1.29, 1.82) is 0 Å². The minimum absolute atomic E-state index is 0.0380. The number of ketones is 1. The molecule has 12 atom stereocenters. The number of hydrogen-bond donors (Lipinski definition) is 8. The van der Waals surface area contributed by atoms with Crippen molar-refractivity contribution < 1.29 is 95.5 Å². The Labute approximate surface area is 631 Å². The van der Waals surface area contributed by atoms with Gasteiger partial charge >= 0.3 is 18.1 Å². The molecule has 2 heterocycles. The first kappa shape index (κ1) is 89.1. The number of amides is 12. The van der Waals surface area contributed by atoms with Crippen LogP contribution in [0.1, 0.15) is 162 Å². The number of rotatable bonds is 45. The van der Waals surface area contributed by atoms with Gasteiger partial charge in [0, 0.05) is 85.4 Å². The van der Waals surface area contributed by atoms with Gasteiger partial charge < -0.3 is 76.2 Å². The van der Waals surface area contributed by atoms with Crippen LogP contribution in [0.2, 0.25) is 0 Å². The summed E-state index contributed by atoms with van der Waals surface area (Å²) in [6, 6.07) is 3.46. The molecule has 9 N–H and O–H groups in total. The van der Waals surface area contributed by atoms with Gasteiger partial charge in [0.25, 0.3) is 0 Å². The summed E-state index contributed by atoms with van der Waals surface area (Å²) >= 11 is 1.34. The van der Waals surface area contributed by atoms with Crippen LogP contribution >= 0.6 is 11.8 Å². The largest absolute Gasteiger partial charge is 0.497 e. The van der Waals surface area contributed by atoms with E-state index in [1.165, 1.54) is 69.2 Å². The van der Waals surface area contributed by atoms with E-state index < -0.39 is 155 Å². The number of carboxylic acid groups (broad SMARTS) is 1. The predicted octanol–water partition coefficient (Wildman–Crippen LogP) is 5.80. The number of likely N-dealkylation sites (tertiary alicyclic amines) is 2. The number of likely N-dealkylation sites (N-methyl/N-ethyl adjacent to an activating group) is 2. The SMILES string of the molecule is CC[C@H](C)C([C@@H](CC(=O)N1C[C@H](OC)C[C@H]1[C@H](OC)[C@@H](C)C(=O)NCC(=O)c1ccc(OC)cc1F)OC)N(C)C(=O)[C@@H](NC(=O)[C@H](C(C)C)N(C)C(=O)OCc1ccc(NC(=O)[C@H](CCCNC(N)=O)NC(=O)[C@@H](NC(=O)CCCCCN2C(=O)CC(SCC3(CC(=O)O)CC3)C2=O)C(C)C)cc1)C(C)C. The van der Waals surface area contributed by atoms with Crippen molar-refractivity contribution in [3.63, 3.8) is 0 Å². The summed E-state index contributed by atoms with van der Waals surface area (Å²) in [5, 5.41) is 25.0. The summed E-state index contributed by atoms with van der Waals surface area (Å²) in [5.41, 5.74) is 5.53. The Morgan fingerprint density at radius 2 is 1.45 bits per heavy atom. The molecule has 2 aromatic rings. The molecule has 0 radical (unpaired) electrons. The number of hydrogen-bond acceptors (Lipinski definition) is 19. The quantitative estimate of drug-likeness (QED) is 0.0220. The lowest BCUT2D eigenvalue weighted by Crippen LogP contribution is -2.60. The van der Waals surface area contributed by atoms with Gasteiger partial charge in [0.2, 0.25) is 53.2 Å². The summed E-state index contributed by atoms with van der Waals surface area (Å²) in [4.78, 5) is 180. The topological polar surface area (TPSA) is 399 Å². The van der Waals surface area contributed by atoms with Crippen LogP contribution in [-0.2, 0) is 73.5 Å². The zero-order valence-corrected chi connectivity index (χ0v) is 65.4. The number of methoxy groups -OCH3 is 4. The number of carbonyl (C=O) groups excluding carboxylic acids is 12. The average molecular weight is 1520 g/mol. The van der Waals surface area contributed by atoms with E-state index in [-0.39, 0.29) is 105 Å². The van der Waals surface area contributed by atoms with Crippen LogP contribution in [-0.4, -0.2) is 236 Å². The Morgan fingerprint density at radius 1 is 0.776 bits per heavy atom. The monoisotopic (exact) mass is 1520 g/mol. The zero-order valence-electron chi connectivity index (χ0n) is 64.6. The lowest BCUT2D eigenvalue weighted by Gasteiger charge is -2.41. The molecule has 2 unspecified atom stereocenters. The number of urea groups is 1. The fourth-order valence-corrected chi connectivity index (χ4v) is 15.1. The number of Topliss-reactive ketones (excluding diaryl/α,β-unsaturated/α-hetero) is 1. The maximum Gasteiger partial charge on any atom is 0.410 e. The number of primary amides is 1. The van der Waals surface area contributed by atoms with E-state index in [0.29, 0.717) is 49.1 Å². The number of carboxylic acids is 1. The van der Waals surface area contributed by atoms with E-state index in [4.69, 9.17) is 29.4 Å². The molecule has 1 saturated carbocycles. The summed E-state index contributed by atoms with van der Waals surface area (Å²) in [7, 11) is 8.73. The van der Waals surface area contributed by atoms with Crippen LogP contribution < -0.4 is 42.4 Å². The van der Waals surface area contributed by atoms with Crippen molar-refractivity contribution in [3.8, 4) is 5.75 Å². The second-order valence-electron chi connectivity index (χ2n) is 29.3. The van der Waals surface area contributed by atoms with Crippen LogP contribution in [0.3, 0.4) is 0 Å². The van der Waals surface area contributed by atoms with E-state index >= 15 is 0 Å². The first-order valence-electron chi connectivity index (χ1n) is 36.8. The molecule has 596 valence electrons. The third kappa shape index (κ3) is 25.8. The maximum absolute atomic E-state index is 14.9.